The highest BCUT2D eigenvalue weighted by atomic mass is 16.7. The highest BCUT2D eigenvalue weighted by Crippen LogP contribution is 2.36. The van der Waals surface area contributed by atoms with E-state index in [4.69, 9.17) is 14.0 Å². The standard InChI is InChI=1S/C17H25BO4/c1-7-12-9-10-13(15(19)20-8-2)14(11-12)18-21-16(3,4)17(5,6)22-18/h9-11H,7-8H2,1-6H3. The topological polar surface area (TPSA) is 44.8 Å². The molecule has 22 heavy (non-hydrogen) atoms. The van der Waals surface area contributed by atoms with Gasteiger partial charge in [0.05, 0.1) is 23.4 Å². The van der Waals surface area contributed by atoms with Crippen molar-refractivity contribution in [1.29, 1.82) is 0 Å². The van der Waals surface area contributed by atoms with Crippen molar-refractivity contribution in [3.63, 3.8) is 0 Å². The zero-order chi connectivity index (χ0) is 16.5. The van der Waals surface area contributed by atoms with Crippen LogP contribution in [0, 0.1) is 0 Å². The molecular formula is C17H25BO4. The monoisotopic (exact) mass is 304 g/mol. The van der Waals surface area contributed by atoms with E-state index in [1.807, 2.05) is 39.8 Å². The van der Waals surface area contributed by atoms with Crippen molar-refractivity contribution in [2.75, 3.05) is 6.61 Å². The summed E-state index contributed by atoms with van der Waals surface area (Å²) in [6.07, 6.45) is 0.885. The van der Waals surface area contributed by atoms with Gasteiger partial charge in [-0.2, -0.15) is 0 Å². The van der Waals surface area contributed by atoms with Gasteiger partial charge < -0.3 is 14.0 Å². The highest BCUT2D eigenvalue weighted by molar-refractivity contribution is 6.63. The first-order chi connectivity index (χ1) is 10.2. The van der Waals surface area contributed by atoms with Crippen molar-refractivity contribution in [3.05, 3.63) is 29.3 Å². The van der Waals surface area contributed by atoms with E-state index in [-0.39, 0.29) is 5.97 Å². The summed E-state index contributed by atoms with van der Waals surface area (Å²) in [5.41, 5.74) is 1.52. The van der Waals surface area contributed by atoms with Gasteiger partial charge in [-0.25, -0.2) is 4.79 Å². The molecule has 5 heteroatoms. The molecule has 4 nitrogen and oxygen atoms in total. The molecule has 0 aliphatic carbocycles. The molecular weight excluding hydrogens is 279 g/mol. The fourth-order valence-electron chi connectivity index (χ4n) is 2.39. The van der Waals surface area contributed by atoms with E-state index in [1.165, 1.54) is 0 Å². The largest absolute Gasteiger partial charge is 0.495 e. The maximum absolute atomic E-state index is 12.2. The van der Waals surface area contributed by atoms with Crippen LogP contribution in [0.3, 0.4) is 0 Å². The van der Waals surface area contributed by atoms with E-state index < -0.39 is 18.3 Å². The van der Waals surface area contributed by atoms with E-state index in [0.29, 0.717) is 12.2 Å². The molecule has 0 saturated carbocycles. The number of aryl methyl sites for hydroxylation is 1. The van der Waals surface area contributed by atoms with Crippen LogP contribution in [0.5, 0.6) is 0 Å². The minimum Gasteiger partial charge on any atom is -0.462 e. The lowest BCUT2D eigenvalue weighted by Gasteiger charge is -2.32. The molecule has 0 bridgehead atoms. The smallest absolute Gasteiger partial charge is 0.462 e. The van der Waals surface area contributed by atoms with Crippen LogP contribution >= 0.6 is 0 Å². The summed E-state index contributed by atoms with van der Waals surface area (Å²) in [4.78, 5) is 12.2. The number of carbonyl (C=O) groups excluding carboxylic acids is 1. The van der Waals surface area contributed by atoms with Crippen LogP contribution in [0.2, 0.25) is 0 Å². The van der Waals surface area contributed by atoms with Crippen LogP contribution in [-0.4, -0.2) is 30.9 Å². The maximum atomic E-state index is 12.2. The lowest BCUT2D eigenvalue weighted by atomic mass is 9.75. The Morgan fingerprint density at radius 3 is 2.23 bits per heavy atom. The normalized spacial score (nSPS) is 19.3. The van der Waals surface area contributed by atoms with Crippen LogP contribution in [0.4, 0.5) is 0 Å². The fraction of sp³-hybridized carbons (Fsp3) is 0.588. The number of hydrogen-bond donors (Lipinski definition) is 0. The van der Waals surface area contributed by atoms with E-state index in [1.54, 1.807) is 13.0 Å². The lowest BCUT2D eigenvalue weighted by molar-refractivity contribution is 0.00578. The molecule has 1 heterocycles. The molecule has 0 amide bonds. The molecule has 0 aromatic heterocycles. The van der Waals surface area contributed by atoms with Gasteiger partial charge in [0.25, 0.3) is 0 Å². The second-order valence-corrected chi connectivity index (χ2v) is 6.58. The van der Waals surface area contributed by atoms with Gasteiger partial charge in [-0.1, -0.05) is 19.1 Å². The third kappa shape index (κ3) is 3.06. The molecule has 1 aromatic carbocycles. The maximum Gasteiger partial charge on any atom is 0.495 e. The van der Waals surface area contributed by atoms with Gasteiger partial charge in [0.2, 0.25) is 0 Å². The summed E-state index contributed by atoms with van der Waals surface area (Å²) in [6, 6.07) is 5.73. The third-order valence-corrected chi connectivity index (χ3v) is 4.53. The molecule has 0 radical (unpaired) electrons. The van der Waals surface area contributed by atoms with Crippen molar-refractivity contribution in [2.24, 2.45) is 0 Å². The first-order valence-electron chi connectivity index (χ1n) is 7.87. The number of carbonyl (C=O) groups is 1. The van der Waals surface area contributed by atoms with E-state index >= 15 is 0 Å². The fourth-order valence-corrected chi connectivity index (χ4v) is 2.39. The van der Waals surface area contributed by atoms with E-state index in [0.717, 1.165) is 17.4 Å². The number of hydrogen-bond acceptors (Lipinski definition) is 4. The predicted molar refractivity (Wildman–Crippen MR) is 87.5 cm³/mol. The second-order valence-electron chi connectivity index (χ2n) is 6.58. The summed E-state index contributed by atoms with van der Waals surface area (Å²) in [7, 11) is -0.559. The average molecular weight is 304 g/mol. The lowest BCUT2D eigenvalue weighted by Crippen LogP contribution is -2.41. The minimum atomic E-state index is -0.559. The first kappa shape index (κ1) is 17.0. The quantitative estimate of drug-likeness (QED) is 0.634. The van der Waals surface area contributed by atoms with Crippen molar-refractivity contribution < 1.29 is 18.8 Å². The molecule has 2 rings (SSSR count). The highest BCUT2D eigenvalue weighted by Gasteiger charge is 2.52. The van der Waals surface area contributed by atoms with Crippen molar-refractivity contribution >= 4 is 18.6 Å². The molecule has 0 atom stereocenters. The van der Waals surface area contributed by atoms with Gasteiger partial charge in [0.15, 0.2) is 0 Å². The van der Waals surface area contributed by atoms with Gasteiger partial charge in [0, 0.05) is 0 Å². The Kier molecular flexibility index (Phi) is 4.69. The van der Waals surface area contributed by atoms with E-state index in [2.05, 4.69) is 6.92 Å². The molecule has 0 unspecified atom stereocenters. The Bertz CT molecular complexity index is 550. The third-order valence-electron chi connectivity index (χ3n) is 4.53. The van der Waals surface area contributed by atoms with Crippen LogP contribution < -0.4 is 5.46 Å². The summed E-state index contributed by atoms with van der Waals surface area (Å²) in [5.74, 6) is -0.338. The minimum absolute atomic E-state index is 0.338. The van der Waals surface area contributed by atoms with Gasteiger partial charge in [-0.15, -0.1) is 0 Å². The van der Waals surface area contributed by atoms with Crippen molar-refractivity contribution in [2.45, 2.75) is 59.2 Å². The van der Waals surface area contributed by atoms with Gasteiger partial charge in [-0.05, 0) is 58.1 Å². The van der Waals surface area contributed by atoms with Gasteiger partial charge in [-0.3, -0.25) is 0 Å². The molecule has 1 aliphatic heterocycles. The number of benzene rings is 1. The molecule has 1 saturated heterocycles. The summed E-state index contributed by atoms with van der Waals surface area (Å²) >= 11 is 0. The number of rotatable bonds is 4. The molecule has 120 valence electrons. The Morgan fingerprint density at radius 2 is 1.73 bits per heavy atom. The Morgan fingerprint density at radius 1 is 1.14 bits per heavy atom. The Hall–Kier alpha value is -1.33. The summed E-state index contributed by atoms with van der Waals surface area (Å²) < 4.78 is 17.3. The summed E-state index contributed by atoms with van der Waals surface area (Å²) in [6.45, 7) is 12.2. The predicted octanol–water partition coefficient (Wildman–Crippen LogP) is 2.72. The van der Waals surface area contributed by atoms with Crippen LogP contribution in [0.25, 0.3) is 0 Å². The first-order valence-corrected chi connectivity index (χ1v) is 7.87. The molecule has 1 aromatic rings. The zero-order valence-electron chi connectivity index (χ0n) is 14.4. The van der Waals surface area contributed by atoms with Crippen LogP contribution in [0.15, 0.2) is 18.2 Å². The number of ether oxygens (including phenoxy) is 1. The van der Waals surface area contributed by atoms with Crippen molar-refractivity contribution in [1.82, 2.24) is 0 Å². The molecule has 0 spiro atoms. The molecule has 1 fully saturated rings. The Balaban J connectivity index is 2.43. The Labute approximate surface area is 133 Å². The van der Waals surface area contributed by atoms with Crippen LogP contribution in [0.1, 0.15) is 57.5 Å². The van der Waals surface area contributed by atoms with Gasteiger partial charge in [0.1, 0.15) is 0 Å². The average Bonchev–Trinajstić information content (AvgIpc) is 2.67. The molecule has 0 N–H and O–H groups in total. The zero-order valence-corrected chi connectivity index (χ0v) is 14.4. The summed E-state index contributed by atoms with van der Waals surface area (Å²) in [5, 5.41) is 0. The molecule has 1 aliphatic rings. The number of esters is 1. The van der Waals surface area contributed by atoms with Crippen molar-refractivity contribution in [3.8, 4) is 0 Å². The second kappa shape index (κ2) is 6.05. The van der Waals surface area contributed by atoms with E-state index in [9.17, 15) is 4.79 Å². The van der Waals surface area contributed by atoms with Gasteiger partial charge >= 0.3 is 13.1 Å². The van der Waals surface area contributed by atoms with Crippen LogP contribution in [-0.2, 0) is 20.5 Å². The SMILES string of the molecule is CCOC(=O)c1ccc(CC)cc1B1OC(C)(C)C(C)(C)O1.